The molecule has 6 nitrogen and oxygen atoms in total. The highest BCUT2D eigenvalue weighted by molar-refractivity contribution is 9.10. The van der Waals surface area contributed by atoms with Crippen LogP contribution in [0, 0.1) is 6.92 Å². The van der Waals surface area contributed by atoms with Crippen LogP contribution in [0.3, 0.4) is 0 Å². The fourth-order valence-electron chi connectivity index (χ4n) is 1.66. The van der Waals surface area contributed by atoms with E-state index in [4.69, 9.17) is 9.47 Å². The number of benzene rings is 1. The molecule has 0 aliphatic heterocycles. The summed E-state index contributed by atoms with van der Waals surface area (Å²) in [4.78, 5) is 0.124. The number of rotatable bonds is 9. The summed E-state index contributed by atoms with van der Waals surface area (Å²) >= 11 is 3.34. The van der Waals surface area contributed by atoms with Crippen LogP contribution in [0.4, 0.5) is 0 Å². The molecule has 1 rings (SSSR count). The van der Waals surface area contributed by atoms with E-state index in [1.807, 2.05) is 6.92 Å². The van der Waals surface area contributed by atoms with Crippen molar-refractivity contribution in [3.63, 3.8) is 0 Å². The van der Waals surface area contributed by atoms with Gasteiger partial charge in [0.1, 0.15) is 10.6 Å². The first-order chi connectivity index (χ1) is 9.92. The Morgan fingerprint density at radius 2 is 1.90 bits per heavy atom. The Balaban J connectivity index is 2.72. The average Bonchev–Trinajstić information content (AvgIpc) is 2.45. The van der Waals surface area contributed by atoms with Gasteiger partial charge in [0.05, 0.1) is 13.7 Å². The quantitative estimate of drug-likeness (QED) is 0.631. The number of ether oxygens (including phenoxy) is 2. The van der Waals surface area contributed by atoms with Crippen molar-refractivity contribution in [3.8, 4) is 5.75 Å². The van der Waals surface area contributed by atoms with E-state index in [0.717, 1.165) is 10.0 Å². The number of hydrogen-bond acceptors (Lipinski definition) is 5. The molecule has 0 aliphatic rings. The van der Waals surface area contributed by atoms with Gasteiger partial charge < -0.3 is 14.8 Å². The molecule has 1 aromatic carbocycles. The predicted molar refractivity (Wildman–Crippen MR) is 85.4 cm³/mol. The molecule has 0 radical (unpaired) electrons. The van der Waals surface area contributed by atoms with Crippen molar-refractivity contribution in [3.05, 3.63) is 22.2 Å². The summed E-state index contributed by atoms with van der Waals surface area (Å²) in [7, 11) is -0.542. The van der Waals surface area contributed by atoms with Crippen molar-refractivity contribution >= 4 is 26.0 Å². The molecule has 0 aliphatic carbocycles. The molecule has 0 saturated carbocycles. The fourth-order valence-corrected chi connectivity index (χ4v) is 3.36. The molecule has 21 heavy (non-hydrogen) atoms. The molecule has 0 aromatic heterocycles. The largest absolute Gasteiger partial charge is 0.495 e. The molecule has 0 atom stereocenters. The summed E-state index contributed by atoms with van der Waals surface area (Å²) in [6.07, 6.45) is 0. The predicted octanol–water partition coefficient (Wildman–Crippen LogP) is 1.28. The zero-order valence-electron chi connectivity index (χ0n) is 12.4. The van der Waals surface area contributed by atoms with Crippen molar-refractivity contribution in [2.45, 2.75) is 11.8 Å². The average molecular weight is 381 g/mol. The molecule has 2 N–H and O–H groups in total. The SMILES string of the molecule is COCCNCCNS(=O)(=O)c1cc(Br)c(C)cc1OC. The molecule has 8 heteroatoms. The van der Waals surface area contributed by atoms with Crippen molar-refractivity contribution in [2.75, 3.05) is 40.5 Å². The van der Waals surface area contributed by atoms with Gasteiger partial charge in [0.2, 0.25) is 10.0 Å². The van der Waals surface area contributed by atoms with Crippen LogP contribution in [-0.4, -0.2) is 48.9 Å². The fraction of sp³-hybridized carbons (Fsp3) is 0.538. The van der Waals surface area contributed by atoms with E-state index >= 15 is 0 Å². The normalized spacial score (nSPS) is 11.6. The van der Waals surface area contributed by atoms with Crippen LogP contribution in [0.15, 0.2) is 21.5 Å². The maximum atomic E-state index is 12.3. The number of hydrogen-bond donors (Lipinski definition) is 2. The summed E-state index contributed by atoms with van der Waals surface area (Å²) in [5, 5.41) is 3.07. The van der Waals surface area contributed by atoms with Gasteiger partial charge in [-0.15, -0.1) is 0 Å². The van der Waals surface area contributed by atoms with E-state index in [-0.39, 0.29) is 4.90 Å². The zero-order chi connectivity index (χ0) is 15.9. The minimum Gasteiger partial charge on any atom is -0.495 e. The maximum Gasteiger partial charge on any atom is 0.244 e. The first kappa shape index (κ1) is 18.4. The Bertz CT molecular complexity index is 564. The Morgan fingerprint density at radius 1 is 1.19 bits per heavy atom. The minimum absolute atomic E-state index is 0.124. The second-order valence-corrected chi connectivity index (χ2v) is 6.98. The summed E-state index contributed by atoms with van der Waals surface area (Å²) in [6.45, 7) is 3.96. The van der Waals surface area contributed by atoms with Gasteiger partial charge in [-0.3, -0.25) is 0 Å². The van der Waals surface area contributed by atoms with Crippen LogP contribution in [0.25, 0.3) is 0 Å². The van der Waals surface area contributed by atoms with Crippen molar-refractivity contribution in [1.29, 1.82) is 0 Å². The van der Waals surface area contributed by atoms with E-state index in [9.17, 15) is 8.42 Å². The lowest BCUT2D eigenvalue weighted by Gasteiger charge is -2.13. The number of halogens is 1. The molecule has 0 bridgehead atoms. The Morgan fingerprint density at radius 3 is 2.52 bits per heavy atom. The van der Waals surface area contributed by atoms with Gasteiger partial charge >= 0.3 is 0 Å². The Labute approximate surface area is 134 Å². The summed E-state index contributed by atoms with van der Waals surface area (Å²) < 4.78 is 37.9. The number of nitrogens with one attached hydrogen (secondary N) is 2. The number of aryl methyl sites for hydroxylation is 1. The molecular formula is C13H21BrN2O4S. The molecule has 0 amide bonds. The second-order valence-electron chi connectivity index (χ2n) is 4.39. The monoisotopic (exact) mass is 380 g/mol. The van der Waals surface area contributed by atoms with Crippen LogP contribution >= 0.6 is 15.9 Å². The van der Waals surface area contributed by atoms with Crippen molar-refractivity contribution < 1.29 is 17.9 Å². The number of sulfonamides is 1. The molecular weight excluding hydrogens is 360 g/mol. The zero-order valence-corrected chi connectivity index (χ0v) is 14.8. The molecule has 120 valence electrons. The third kappa shape index (κ3) is 5.55. The summed E-state index contributed by atoms with van der Waals surface area (Å²) in [6, 6.07) is 3.24. The number of methoxy groups -OCH3 is 2. The molecule has 0 spiro atoms. The van der Waals surface area contributed by atoms with Gasteiger partial charge in [-0.1, -0.05) is 15.9 Å². The highest BCUT2D eigenvalue weighted by Gasteiger charge is 2.20. The van der Waals surface area contributed by atoms with Crippen LogP contribution in [0.1, 0.15) is 5.56 Å². The van der Waals surface area contributed by atoms with Crippen molar-refractivity contribution in [2.24, 2.45) is 0 Å². The van der Waals surface area contributed by atoms with Crippen LogP contribution in [0.5, 0.6) is 5.75 Å². The topological polar surface area (TPSA) is 76.7 Å². The lowest BCUT2D eigenvalue weighted by Crippen LogP contribution is -2.33. The first-order valence-electron chi connectivity index (χ1n) is 6.46. The molecule has 0 unspecified atom stereocenters. The highest BCUT2D eigenvalue weighted by atomic mass is 79.9. The first-order valence-corrected chi connectivity index (χ1v) is 8.73. The smallest absolute Gasteiger partial charge is 0.244 e. The second kappa shape index (κ2) is 8.70. The van der Waals surface area contributed by atoms with Gasteiger partial charge in [-0.2, -0.15) is 0 Å². The van der Waals surface area contributed by atoms with Gasteiger partial charge in [0.25, 0.3) is 0 Å². The van der Waals surface area contributed by atoms with Crippen LogP contribution in [-0.2, 0) is 14.8 Å². The third-order valence-electron chi connectivity index (χ3n) is 2.81. The van der Waals surface area contributed by atoms with Crippen LogP contribution < -0.4 is 14.8 Å². The van der Waals surface area contributed by atoms with E-state index in [0.29, 0.717) is 32.0 Å². The molecule has 0 fully saturated rings. The van der Waals surface area contributed by atoms with E-state index in [2.05, 4.69) is 26.0 Å². The summed E-state index contributed by atoms with van der Waals surface area (Å²) in [5.41, 5.74) is 0.909. The maximum absolute atomic E-state index is 12.3. The van der Waals surface area contributed by atoms with Crippen molar-refractivity contribution in [1.82, 2.24) is 10.0 Å². The third-order valence-corrected chi connectivity index (χ3v) is 5.15. The van der Waals surface area contributed by atoms with Gasteiger partial charge in [-0.05, 0) is 24.6 Å². The lowest BCUT2D eigenvalue weighted by molar-refractivity contribution is 0.199. The summed E-state index contributed by atoms with van der Waals surface area (Å²) in [5.74, 6) is 0.329. The molecule has 1 aromatic rings. The van der Waals surface area contributed by atoms with Gasteiger partial charge in [-0.25, -0.2) is 13.1 Å². The Hall–Kier alpha value is -0.670. The van der Waals surface area contributed by atoms with Crippen LogP contribution in [0.2, 0.25) is 0 Å². The van der Waals surface area contributed by atoms with Gasteiger partial charge in [0, 0.05) is 31.2 Å². The van der Waals surface area contributed by atoms with E-state index < -0.39 is 10.0 Å². The van der Waals surface area contributed by atoms with E-state index in [1.54, 1.807) is 19.2 Å². The van der Waals surface area contributed by atoms with Gasteiger partial charge in [0.15, 0.2) is 0 Å². The molecule has 0 heterocycles. The standard InChI is InChI=1S/C13H21BrN2O4S/c1-10-8-12(20-3)13(9-11(10)14)21(17,18)16-5-4-15-6-7-19-2/h8-9,15-16H,4-7H2,1-3H3. The lowest BCUT2D eigenvalue weighted by atomic mass is 10.2. The molecule has 0 saturated heterocycles. The van der Waals surface area contributed by atoms with E-state index in [1.165, 1.54) is 7.11 Å². The minimum atomic E-state index is -3.61. The Kier molecular flexibility index (Phi) is 7.61. The highest BCUT2D eigenvalue weighted by Crippen LogP contribution is 2.30.